The van der Waals surface area contributed by atoms with E-state index >= 15 is 0 Å². The number of carbonyl (C=O) groups excluding carboxylic acids is 1. The number of nitrogens with two attached hydrogens (primary N) is 1. The summed E-state index contributed by atoms with van der Waals surface area (Å²) in [5, 5.41) is 0.271. The van der Waals surface area contributed by atoms with Crippen molar-refractivity contribution in [3.8, 4) is 0 Å². The number of carbonyl (C=O) groups is 1. The second-order valence-electron chi connectivity index (χ2n) is 3.15. The minimum atomic E-state index is -0.240. The van der Waals surface area contributed by atoms with E-state index in [9.17, 15) is 4.79 Å². The first-order chi connectivity index (χ1) is 6.68. The van der Waals surface area contributed by atoms with Gasteiger partial charge < -0.3 is 5.73 Å². The van der Waals surface area contributed by atoms with Crippen LogP contribution in [0.3, 0.4) is 0 Å². The Labute approximate surface area is 88.1 Å². The molecule has 1 amide bonds. The zero-order chi connectivity index (χ0) is 10.4. The molecule has 0 aliphatic rings. The van der Waals surface area contributed by atoms with E-state index in [0.29, 0.717) is 6.42 Å². The summed E-state index contributed by atoms with van der Waals surface area (Å²) in [5.41, 5.74) is 6.27. The average Bonchev–Trinajstić information content (AvgIpc) is 2.15. The Bertz CT molecular complexity index is 289. The molecule has 0 aromatic carbocycles. The van der Waals surface area contributed by atoms with Gasteiger partial charge in [0.25, 0.3) is 0 Å². The highest BCUT2D eigenvalue weighted by Gasteiger charge is 2.06. The Morgan fingerprint density at radius 2 is 2.50 bits per heavy atom. The van der Waals surface area contributed by atoms with Gasteiger partial charge in [0.1, 0.15) is 0 Å². The van der Waals surface area contributed by atoms with Crippen LogP contribution >= 0.6 is 11.8 Å². The van der Waals surface area contributed by atoms with Crippen molar-refractivity contribution in [2.45, 2.75) is 24.3 Å². The quantitative estimate of drug-likeness (QED) is 0.802. The largest absolute Gasteiger partial charge is 0.370 e. The van der Waals surface area contributed by atoms with Crippen LogP contribution in [0, 0.1) is 0 Å². The lowest BCUT2D eigenvalue weighted by atomic mass is 10.3. The van der Waals surface area contributed by atoms with Crippen molar-refractivity contribution in [3.05, 3.63) is 30.1 Å². The number of hydrogen-bond acceptors (Lipinski definition) is 3. The summed E-state index contributed by atoms with van der Waals surface area (Å²) < 4.78 is 0. The van der Waals surface area contributed by atoms with Crippen molar-refractivity contribution in [2.24, 2.45) is 5.73 Å². The fourth-order valence-corrected chi connectivity index (χ4v) is 1.99. The highest BCUT2D eigenvalue weighted by Crippen LogP contribution is 2.18. The molecule has 1 aromatic heterocycles. The van der Waals surface area contributed by atoms with Crippen LogP contribution < -0.4 is 5.73 Å². The lowest BCUT2D eigenvalue weighted by Gasteiger charge is -2.08. The normalized spacial score (nSPS) is 12.4. The number of primary amides is 1. The second kappa shape index (κ2) is 5.65. The molecule has 1 aromatic rings. The number of amides is 1. The number of pyridine rings is 1. The number of rotatable bonds is 5. The fourth-order valence-electron chi connectivity index (χ4n) is 1.06. The summed E-state index contributed by atoms with van der Waals surface area (Å²) >= 11 is 1.72. The lowest BCUT2D eigenvalue weighted by molar-refractivity contribution is -0.117. The minimum absolute atomic E-state index is 0.240. The predicted molar refractivity (Wildman–Crippen MR) is 58.8 cm³/mol. The third kappa shape index (κ3) is 4.28. The maximum absolute atomic E-state index is 10.6. The van der Waals surface area contributed by atoms with Gasteiger partial charge in [-0.2, -0.15) is 11.8 Å². The molecule has 3 nitrogen and oxygen atoms in total. The Kier molecular flexibility index (Phi) is 4.46. The maximum atomic E-state index is 10.6. The third-order valence-corrected chi connectivity index (χ3v) is 2.98. The van der Waals surface area contributed by atoms with Gasteiger partial charge in [0.2, 0.25) is 5.91 Å². The van der Waals surface area contributed by atoms with Crippen molar-refractivity contribution in [2.75, 3.05) is 0 Å². The van der Waals surface area contributed by atoms with Crippen molar-refractivity contribution in [3.63, 3.8) is 0 Å². The summed E-state index contributed by atoms with van der Waals surface area (Å²) in [6.07, 6.45) is 4.02. The van der Waals surface area contributed by atoms with Gasteiger partial charge in [0, 0.05) is 29.8 Å². The SMILES string of the molecule is CC(CC(N)=O)SCc1cccnc1. The summed E-state index contributed by atoms with van der Waals surface area (Å²) in [6.45, 7) is 2.01. The van der Waals surface area contributed by atoms with Crippen LogP contribution in [0.1, 0.15) is 18.9 Å². The van der Waals surface area contributed by atoms with E-state index < -0.39 is 0 Å². The Balaban J connectivity index is 2.30. The first-order valence-electron chi connectivity index (χ1n) is 4.47. The summed E-state index contributed by atoms with van der Waals surface area (Å²) in [7, 11) is 0. The lowest BCUT2D eigenvalue weighted by Crippen LogP contribution is -2.15. The number of nitrogens with zero attached hydrogens (tertiary/aromatic N) is 1. The number of aromatic nitrogens is 1. The van der Waals surface area contributed by atoms with E-state index in [0.717, 1.165) is 5.75 Å². The van der Waals surface area contributed by atoms with Gasteiger partial charge in [0.05, 0.1) is 0 Å². The van der Waals surface area contributed by atoms with Crippen LogP contribution in [0.25, 0.3) is 0 Å². The van der Waals surface area contributed by atoms with E-state index in [1.165, 1.54) is 5.56 Å². The second-order valence-corrected chi connectivity index (χ2v) is 4.58. The van der Waals surface area contributed by atoms with E-state index in [2.05, 4.69) is 4.98 Å². The van der Waals surface area contributed by atoms with E-state index in [-0.39, 0.29) is 11.2 Å². The molecule has 14 heavy (non-hydrogen) atoms. The fraction of sp³-hybridized carbons (Fsp3) is 0.400. The first-order valence-corrected chi connectivity index (χ1v) is 5.52. The van der Waals surface area contributed by atoms with Crippen molar-refractivity contribution < 1.29 is 4.79 Å². The highest BCUT2D eigenvalue weighted by molar-refractivity contribution is 7.99. The molecule has 76 valence electrons. The molecule has 0 bridgehead atoms. The van der Waals surface area contributed by atoms with Gasteiger partial charge in [-0.05, 0) is 11.6 Å². The molecule has 0 saturated heterocycles. The van der Waals surface area contributed by atoms with Crippen molar-refractivity contribution >= 4 is 17.7 Å². The molecule has 0 radical (unpaired) electrons. The van der Waals surface area contributed by atoms with E-state index in [4.69, 9.17) is 5.73 Å². The van der Waals surface area contributed by atoms with Gasteiger partial charge >= 0.3 is 0 Å². The van der Waals surface area contributed by atoms with Gasteiger partial charge in [-0.3, -0.25) is 9.78 Å². The van der Waals surface area contributed by atoms with Crippen LogP contribution in [-0.2, 0) is 10.5 Å². The molecular formula is C10H14N2OS. The van der Waals surface area contributed by atoms with Crippen LogP contribution in [-0.4, -0.2) is 16.1 Å². The van der Waals surface area contributed by atoms with Gasteiger partial charge in [0.15, 0.2) is 0 Å². The Hall–Kier alpha value is -1.03. The van der Waals surface area contributed by atoms with Crippen molar-refractivity contribution in [1.29, 1.82) is 0 Å². The molecule has 0 aliphatic carbocycles. The topological polar surface area (TPSA) is 56.0 Å². The first kappa shape index (κ1) is 11.0. The molecule has 0 saturated carbocycles. The molecule has 1 rings (SSSR count). The Morgan fingerprint density at radius 1 is 1.71 bits per heavy atom. The van der Waals surface area contributed by atoms with Crippen molar-refractivity contribution in [1.82, 2.24) is 4.98 Å². The molecule has 0 spiro atoms. The number of hydrogen-bond donors (Lipinski definition) is 1. The summed E-state index contributed by atoms with van der Waals surface area (Å²) in [4.78, 5) is 14.6. The zero-order valence-corrected chi connectivity index (χ0v) is 8.96. The zero-order valence-electron chi connectivity index (χ0n) is 8.14. The van der Waals surface area contributed by atoms with Crippen LogP contribution in [0.2, 0.25) is 0 Å². The monoisotopic (exact) mass is 210 g/mol. The summed E-state index contributed by atoms with van der Waals surface area (Å²) in [6, 6.07) is 3.94. The molecule has 0 fully saturated rings. The van der Waals surface area contributed by atoms with Gasteiger partial charge in [-0.1, -0.05) is 13.0 Å². The van der Waals surface area contributed by atoms with Crippen LogP contribution in [0.4, 0.5) is 0 Å². The molecule has 1 atom stereocenters. The van der Waals surface area contributed by atoms with Gasteiger partial charge in [-0.15, -0.1) is 0 Å². The highest BCUT2D eigenvalue weighted by atomic mass is 32.2. The minimum Gasteiger partial charge on any atom is -0.370 e. The molecule has 0 aliphatic heterocycles. The maximum Gasteiger partial charge on any atom is 0.218 e. The van der Waals surface area contributed by atoms with Crippen LogP contribution in [0.5, 0.6) is 0 Å². The molecule has 1 heterocycles. The average molecular weight is 210 g/mol. The van der Waals surface area contributed by atoms with Crippen LogP contribution in [0.15, 0.2) is 24.5 Å². The Morgan fingerprint density at radius 3 is 3.07 bits per heavy atom. The standard InChI is InChI=1S/C10H14N2OS/c1-8(5-10(11)13)14-7-9-3-2-4-12-6-9/h2-4,6,8H,5,7H2,1H3,(H2,11,13). The third-order valence-electron chi connectivity index (χ3n) is 1.75. The van der Waals surface area contributed by atoms with E-state index in [1.54, 1.807) is 18.0 Å². The molecule has 1 unspecified atom stereocenters. The number of thioether (sulfide) groups is 1. The smallest absolute Gasteiger partial charge is 0.218 e. The summed E-state index contributed by atoms with van der Waals surface area (Å²) in [5.74, 6) is 0.638. The predicted octanol–water partition coefficient (Wildman–Crippen LogP) is 1.58. The van der Waals surface area contributed by atoms with Gasteiger partial charge in [-0.25, -0.2) is 0 Å². The van der Waals surface area contributed by atoms with E-state index in [1.807, 2.05) is 25.3 Å². The molecule has 4 heteroatoms. The molecule has 2 N–H and O–H groups in total. The molecular weight excluding hydrogens is 196 g/mol.